The Hall–Kier alpha value is -2.99. The second-order valence-electron chi connectivity index (χ2n) is 7.73. The zero-order valence-corrected chi connectivity index (χ0v) is 17.4. The van der Waals surface area contributed by atoms with Crippen molar-refractivity contribution in [2.75, 3.05) is 6.54 Å². The van der Waals surface area contributed by atoms with Gasteiger partial charge in [-0.15, -0.1) is 0 Å². The molecule has 7 heteroatoms. The van der Waals surface area contributed by atoms with Gasteiger partial charge in [0.15, 0.2) is 6.21 Å². The van der Waals surface area contributed by atoms with Gasteiger partial charge < -0.3 is 20.2 Å². The smallest absolute Gasteiger partial charge is 0.407 e. The highest BCUT2D eigenvalue weighted by molar-refractivity contribution is 6.31. The van der Waals surface area contributed by atoms with Crippen LogP contribution in [-0.2, 0) is 4.74 Å². The molecule has 0 aliphatic heterocycles. The van der Waals surface area contributed by atoms with Gasteiger partial charge in [-0.2, -0.15) is 0 Å². The Labute approximate surface area is 174 Å². The van der Waals surface area contributed by atoms with Crippen molar-refractivity contribution in [2.24, 2.45) is 0 Å². The first kappa shape index (κ1) is 20.7. The van der Waals surface area contributed by atoms with Gasteiger partial charge in [0.25, 0.3) is 0 Å². The van der Waals surface area contributed by atoms with Crippen LogP contribution in [0.3, 0.4) is 0 Å². The third-order valence-corrected chi connectivity index (χ3v) is 4.49. The standard InChI is InChI=1S/C22H24ClN3O3/c1-22(2,3)29-21(27)25-13-20(26(28)14-15-7-5-4-6-8-15)18-12-24-19-11-16(23)9-10-17(18)19/h4-12,14,20,24H,13H2,1-3H3,(H,25,27)/b26-14-. The van der Waals surface area contributed by atoms with E-state index in [0.29, 0.717) is 5.02 Å². The van der Waals surface area contributed by atoms with E-state index in [1.807, 2.05) is 36.4 Å². The lowest BCUT2D eigenvalue weighted by atomic mass is 10.1. The number of H-pyrrole nitrogens is 1. The summed E-state index contributed by atoms with van der Waals surface area (Å²) in [4.78, 5) is 15.3. The average Bonchev–Trinajstić information content (AvgIpc) is 3.04. The monoisotopic (exact) mass is 413 g/mol. The van der Waals surface area contributed by atoms with E-state index in [0.717, 1.165) is 26.8 Å². The minimum Gasteiger partial charge on any atom is -0.623 e. The van der Waals surface area contributed by atoms with Gasteiger partial charge in [0, 0.05) is 33.2 Å². The molecule has 152 valence electrons. The third-order valence-electron chi connectivity index (χ3n) is 4.26. The summed E-state index contributed by atoms with van der Waals surface area (Å²) in [5.41, 5.74) is 1.73. The Morgan fingerprint density at radius 2 is 2.00 bits per heavy atom. The van der Waals surface area contributed by atoms with Crippen molar-refractivity contribution < 1.29 is 14.3 Å². The highest BCUT2D eigenvalue weighted by atomic mass is 35.5. The molecule has 0 spiro atoms. The number of hydrogen-bond acceptors (Lipinski definition) is 3. The summed E-state index contributed by atoms with van der Waals surface area (Å²) in [5.74, 6) is 0. The minimum absolute atomic E-state index is 0.0807. The lowest BCUT2D eigenvalue weighted by Gasteiger charge is -2.21. The van der Waals surface area contributed by atoms with Crippen LogP contribution < -0.4 is 5.32 Å². The minimum atomic E-state index is -0.655. The molecule has 3 rings (SSSR count). The lowest BCUT2D eigenvalue weighted by molar-refractivity contribution is -0.500. The Balaban J connectivity index is 1.92. The van der Waals surface area contributed by atoms with Gasteiger partial charge in [-0.3, -0.25) is 0 Å². The molecule has 1 amide bonds. The number of rotatable bonds is 5. The maximum absolute atomic E-state index is 13.0. The first-order valence-corrected chi connectivity index (χ1v) is 9.69. The fourth-order valence-electron chi connectivity index (χ4n) is 3.00. The number of hydrogen-bond donors (Lipinski definition) is 2. The molecule has 3 aromatic rings. The molecule has 0 aliphatic carbocycles. The topological polar surface area (TPSA) is 80.2 Å². The van der Waals surface area contributed by atoms with E-state index < -0.39 is 17.7 Å². The summed E-state index contributed by atoms with van der Waals surface area (Å²) in [6, 6.07) is 14.1. The van der Waals surface area contributed by atoms with Gasteiger partial charge in [0.1, 0.15) is 5.60 Å². The molecule has 0 radical (unpaired) electrons. The average molecular weight is 414 g/mol. The summed E-state index contributed by atoms with van der Waals surface area (Å²) in [6.45, 7) is 5.45. The molecule has 1 atom stereocenters. The number of amides is 1. The molecular weight excluding hydrogens is 390 g/mol. The predicted octanol–water partition coefficient (Wildman–Crippen LogP) is 5.02. The Bertz CT molecular complexity index is 1020. The molecule has 1 aromatic heterocycles. The van der Waals surface area contributed by atoms with Crippen LogP contribution in [0.15, 0.2) is 54.7 Å². The van der Waals surface area contributed by atoms with Crippen LogP contribution in [0.2, 0.25) is 5.02 Å². The number of alkyl carbamates (subject to hydrolysis) is 1. The van der Waals surface area contributed by atoms with Crippen LogP contribution in [0.25, 0.3) is 10.9 Å². The Morgan fingerprint density at radius 1 is 1.28 bits per heavy atom. The molecule has 0 bridgehead atoms. The van der Waals surface area contributed by atoms with Crippen LogP contribution in [-0.4, -0.2) is 34.2 Å². The zero-order valence-electron chi connectivity index (χ0n) is 16.6. The highest BCUT2D eigenvalue weighted by Gasteiger charge is 2.25. The number of nitrogens with one attached hydrogen (secondary N) is 2. The molecule has 2 N–H and O–H groups in total. The summed E-state index contributed by atoms with van der Waals surface area (Å²) >= 11 is 6.07. The first-order chi connectivity index (χ1) is 13.7. The van der Waals surface area contributed by atoms with Crippen LogP contribution >= 0.6 is 11.6 Å². The molecule has 2 aromatic carbocycles. The molecule has 0 saturated heterocycles. The van der Waals surface area contributed by atoms with E-state index in [2.05, 4.69) is 10.3 Å². The zero-order chi connectivity index (χ0) is 21.0. The number of ether oxygens (including phenoxy) is 1. The van der Waals surface area contributed by atoms with Crippen LogP contribution in [0, 0.1) is 5.21 Å². The fraction of sp³-hybridized carbons (Fsp3) is 0.273. The fourth-order valence-corrected chi connectivity index (χ4v) is 3.18. The second-order valence-corrected chi connectivity index (χ2v) is 8.17. The molecule has 0 saturated carbocycles. The number of aromatic amines is 1. The number of halogens is 1. The second kappa shape index (κ2) is 8.57. The molecule has 0 fully saturated rings. The van der Waals surface area contributed by atoms with E-state index in [4.69, 9.17) is 16.3 Å². The molecule has 0 aliphatic rings. The Morgan fingerprint density at radius 3 is 2.69 bits per heavy atom. The van der Waals surface area contributed by atoms with Crippen molar-refractivity contribution in [3.8, 4) is 0 Å². The number of carbonyl (C=O) groups is 1. The number of aromatic nitrogens is 1. The molecular formula is C22H24ClN3O3. The predicted molar refractivity (Wildman–Crippen MR) is 116 cm³/mol. The quantitative estimate of drug-likeness (QED) is 0.267. The van der Waals surface area contributed by atoms with Crippen molar-refractivity contribution in [1.82, 2.24) is 10.3 Å². The number of nitrogens with zero attached hydrogens (tertiary/aromatic N) is 1. The molecule has 29 heavy (non-hydrogen) atoms. The van der Waals surface area contributed by atoms with Gasteiger partial charge in [-0.1, -0.05) is 35.9 Å². The van der Waals surface area contributed by atoms with Crippen molar-refractivity contribution in [3.05, 3.63) is 76.1 Å². The van der Waals surface area contributed by atoms with Crippen molar-refractivity contribution in [2.45, 2.75) is 32.4 Å². The number of hydroxylamine groups is 1. The Kier molecular flexibility index (Phi) is 6.13. The maximum atomic E-state index is 13.0. The van der Waals surface area contributed by atoms with Gasteiger partial charge in [-0.25, -0.2) is 9.53 Å². The van der Waals surface area contributed by atoms with E-state index >= 15 is 0 Å². The third kappa shape index (κ3) is 5.51. The summed E-state index contributed by atoms with van der Waals surface area (Å²) < 4.78 is 6.15. The maximum Gasteiger partial charge on any atom is 0.407 e. The molecule has 1 heterocycles. The van der Waals surface area contributed by atoms with Gasteiger partial charge in [0.05, 0.1) is 6.54 Å². The first-order valence-electron chi connectivity index (χ1n) is 9.32. The van der Waals surface area contributed by atoms with Crippen molar-refractivity contribution in [3.63, 3.8) is 0 Å². The van der Waals surface area contributed by atoms with Crippen LogP contribution in [0.4, 0.5) is 4.79 Å². The highest BCUT2D eigenvalue weighted by Crippen LogP contribution is 2.28. The van der Waals surface area contributed by atoms with E-state index in [-0.39, 0.29) is 6.54 Å². The number of fused-ring (bicyclic) bond motifs is 1. The van der Waals surface area contributed by atoms with Crippen LogP contribution in [0.1, 0.15) is 37.9 Å². The number of benzene rings is 2. The summed E-state index contributed by atoms with van der Waals surface area (Å²) in [6.07, 6.45) is 2.71. The van der Waals surface area contributed by atoms with Gasteiger partial charge >= 0.3 is 6.09 Å². The summed E-state index contributed by atoms with van der Waals surface area (Å²) in [7, 11) is 0. The van der Waals surface area contributed by atoms with E-state index in [9.17, 15) is 10.0 Å². The van der Waals surface area contributed by atoms with E-state index in [1.54, 1.807) is 39.1 Å². The largest absolute Gasteiger partial charge is 0.623 e. The number of carbonyl (C=O) groups excluding carboxylic acids is 1. The molecule has 1 unspecified atom stereocenters. The van der Waals surface area contributed by atoms with Gasteiger partial charge in [-0.05, 0) is 45.0 Å². The van der Waals surface area contributed by atoms with Crippen molar-refractivity contribution >= 4 is 34.8 Å². The normalized spacial score (nSPS) is 13.3. The van der Waals surface area contributed by atoms with Crippen molar-refractivity contribution in [1.29, 1.82) is 0 Å². The van der Waals surface area contributed by atoms with E-state index in [1.165, 1.54) is 6.21 Å². The lowest BCUT2D eigenvalue weighted by Crippen LogP contribution is -2.36. The molecule has 6 nitrogen and oxygen atoms in total. The van der Waals surface area contributed by atoms with Gasteiger partial charge in [0.2, 0.25) is 6.04 Å². The summed E-state index contributed by atoms with van der Waals surface area (Å²) in [5, 5.41) is 17.2. The van der Waals surface area contributed by atoms with Crippen LogP contribution in [0.5, 0.6) is 0 Å². The SMILES string of the molecule is CC(C)(C)OC(=O)NCC(c1c[nH]c2cc(Cl)ccc12)/[N+]([O-])=C/c1ccccc1.